The van der Waals surface area contributed by atoms with Gasteiger partial charge in [-0.25, -0.2) is 0 Å². The Hall–Kier alpha value is -4.07. The van der Waals surface area contributed by atoms with Crippen molar-refractivity contribution in [2.24, 2.45) is 0 Å². The smallest absolute Gasteiger partial charge is 0.266 e. The fourth-order valence-electron chi connectivity index (χ4n) is 3.37. The van der Waals surface area contributed by atoms with Crippen LogP contribution in [-0.2, 0) is 11.4 Å². The van der Waals surface area contributed by atoms with E-state index < -0.39 is 5.91 Å². The molecule has 0 bridgehead atoms. The quantitative estimate of drug-likeness (QED) is 0.266. The average molecular weight is 530 g/mol. The van der Waals surface area contributed by atoms with Crippen molar-refractivity contribution in [3.8, 4) is 23.6 Å². The van der Waals surface area contributed by atoms with Gasteiger partial charge in [-0.2, -0.15) is 10.5 Å². The van der Waals surface area contributed by atoms with E-state index in [0.717, 1.165) is 16.7 Å². The van der Waals surface area contributed by atoms with Gasteiger partial charge in [0.2, 0.25) is 0 Å². The third-order valence-corrected chi connectivity index (χ3v) is 5.96. The number of hydrogen-bond donors (Lipinski definition) is 1. The minimum absolute atomic E-state index is 0.0446. The first-order valence-electron chi connectivity index (χ1n) is 10.9. The topological polar surface area (TPSA) is 95.1 Å². The van der Waals surface area contributed by atoms with E-state index in [-0.39, 0.29) is 12.2 Å². The van der Waals surface area contributed by atoms with Gasteiger partial charge < -0.3 is 14.8 Å². The first-order valence-corrected chi connectivity index (χ1v) is 11.7. The van der Waals surface area contributed by atoms with Crippen LogP contribution in [0.4, 0.5) is 5.69 Å². The summed E-state index contributed by atoms with van der Waals surface area (Å²) in [5, 5.41) is 21.8. The van der Waals surface area contributed by atoms with Gasteiger partial charge in [0.1, 0.15) is 18.2 Å². The Morgan fingerprint density at radius 2 is 1.86 bits per heavy atom. The second-order valence-electron chi connectivity index (χ2n) is 7.69. The van der Waals surface area contributed by atoms with Crippen molar-refractivity contribution in [3.05, 3.63) is 92.5 Å². The molecule has 3 rings (SSSR count). The number of anilines is 1. The summed E-state index contributed by atoms with van der Waals surface area (Å²) in [4.78, 5) is 12.8. The highest BCUT2D eigenvalue weighted by Gasteiger charge is 2.16. The second-order valence-corrected chi connectivity index (χ2v) is 8.55. The summed E-state index contributed by atoms with van der Waals surface area (Å²) in [7, 11) is 0. The number of nitrogens with zero attached hydrogens (tertiary/aromatic N) is 2. The van der Waals surface area contributed by atoms with Crippen LogP contribution in [0.15, 0.2) is 64.6 Å². The lowest BCUT2D eigenvalue weighted by Gasteiger charge is -2.15. The van der Waals surface area contributed by atoms with Crippen LogP contribution in [0.25, 0.3) is 6.08 Å². The summed E-state index contributed by atoms with van der Waals surface area (Å²) < 4.78 is 12.4. The van der Waals surface area contributed by atoms with Crippen LogP contribution in [0, 0.1) is 36.5 Å². The Bertz CT molecular complexity index is 1370. The fraction of sp³-hybridized carbons (Fsp3) is 0.179. The zero-order valence-corrected chi connectivity index (χ0v) is 21.3. The van der Waals surface area contributed by atoms with E-state index in [1.807, 2.05) is 51.1 Å². The number of ether oxygens (including phenoxy) is 2. The minimum Gasteiger partial charge on any atom is -0.490 e. The number of halogens is 1. The third-order valence-electron chi connectivity index (χ3n) is 5.37. The Morgan fingerprint density at radius 3 is 2.57 bits per heavy atom. The van der Waals surface area contributed by atoms with Gasteiger partial charge in [-0.3, -0.25) is 4.79 Å². The molecule has 0 atom stereocenters. The number of amides is 1. The van der Waals surface area contributed by atoms with E-state index in [4.69, 9.17) is 9.47 Å². The number of benzene rings is 3. The molecular weight excluding hydrogens is 506 g/mol. The zero-order chi connectivity index (χ0) is 25.4. The number of rotatable bonds is 8. The van der Waals surface area contributed by atoms with Crippen molar-refractivity contribution in [1.82, 2.24) is 0 Å². The third kappa shape index (κ3) is 6.29. The molecule has 0 saturated carbocycles. The summed E-state index contributed by atoms with van der Waals surface area (Å²) in [6.45, 7) is 6.30. The second kappa shape index (κ2) is 11.9. The van der Waals surface area contributed by atoms with Crippen molar-refractivity contribution in [1.29, 1.82) is 10.5 Å². The fourth-order valence-corrected chi connectivity index (χ4v) is 3.95. The first kappa shape index (κ1) is 25.6. The van der Waals surface area contributed by atoms with Crippen LogP contribution >= 0.6 is 15.9 Å². The zero-order valence-electron chi connectivity index (χ0n) is 19.7. The normalized spacial score (nSPS) is 10.7. The molecule has 0 heterocycles. The molecular formula is C28H24BrN3O3. The molecule has 0 aromatic heterocycles. The molecule has 3 aromatic carbocycles. The molecule has 0 radical (unpaired) electrons. The number of aryl methyl sites for hydroxylation is 1. The van der Waals surface area contributed by atoms with Crippen molar-refractivity contribution < 1.29 is 14.3 Å². The molecule has 0 fully saturated rings. The lowest BCUT2D eigenvalue weighted by atomic mass is 10.1. The maximum atomic E-state index is 12.8. The SMILES string of the molecule is CCOc1cc(/C=C(\C#N)C(=O)Nc2cccc(C)c2C)cc(Br)c1OCc1ccccc1C#N. The van der Waals surface area contributed by atoms with E-state index in [9.17, 15) is 15.3 Å². The van der Waals surface area contributed by atoms with Gasteiger partial charge in [0, 0.05) is 11.3 Å². The lowest BCUT2D eigenvalue weighted by molar-refractivity contribution is -0.112. The molecule has 176 valence electrons. The highest BCUT2D eigenvalue weighted by molar-refractivity contribution is 9.10. The Morgan fingerprint density at radius 1 is 1.09 bits per heavy atom. The van der Waals surface area contributed by atoms with Crippen molar-refractivity contribution >= 4 is 33.6 Å². The largest absolute Gasteiger partial charge is 0.490 e. The number of carbonyl (C=O) groups is 1. The molecule has 0 aliphatic heterocycles. The molecule has 0 spiro atoms. The van der Waals surface area contributed by atoms with Crippen LogP contribution in [0.3, 0.4) is 0 Å². The van der Waals surface area contributed by atoms with Crippen LogP contribution in [-0.4, -0.2) is 12.5 Å². The summed E-state index contributed by atoms with van der Waals surface area (Å²) in [6, 6.07) is 20.4. The van der Waals surface area contributed by atoms with E-state index in [1.165, 1.54) is 6.08 Å². The molecule has 35 heavy (non-hydrogen) atoms. The lowest BCUT2D eigenvalue weighted by Crippen LogP contribution is -2.14. The molecule has 1 N–H and O–H groups in total. The molecule has 6 nitrogen and oxygen atoms in total. The molecule has 0 saturated heterocycles. The molecule has 0 unspecified atom stereocenters. The van der Waals surface area contributed by atoms with Crippen LogP contribution in [0.5, 0.6) is 11.5 Å². The van der Waals surface area contributed by atoms with E-state index >= 15 is 0 Å². The monoisotopic (exact) mass is 529 g/mol. The maximum Gasteiger partial charge on any atom is 0.266 e. The number of nitrogens with one attached hydrogen (secondary N) is 1. The summed E-state index contributed by atoms with van der Waals surface area (Å²) >= 11 is 3.51. The van der Waals surface area contributed by atoms with Crippen molar-refractivity contribution in [2.45, 2.75) is 27.4 Å². The molecule has 7 heteroatoms. The van der Waals surface area contributed by atoms with Crippen LogP contribution in [0.2, 0.25) is 0 Å². The first-order chi connectivity index (χ1) is 16.9. The van der Waals surface area contributed by atoms with E-state index in [2.05, 4.69) is 27.3 Å². The van der Waals surface area contributed by atoms with Gasteiger partial charge in [0.25, 0.3) is 5.91 Å². The van der Waals surface area contributed by atoms with Crippen molar-refractivity contribution in [2.75, 3.05) is 11.9 Å². The Kier molecular flexibility index (Phi) is 8.67. The van der Waals surface area contributed by atoms with Gasteiger partial charge in [0.05, 0.1) is 22.7 Å². The Balaban J connectivity index is 1.88. The average Bonchev–Trinajstić information content (AvgIpc) is 2.85. The minimum atomic E-state index is -0.497. The summed E-state index contributed by atoms with van der Waals surface area (Å²) in [5.74, 6) is 0.425. The van der Waals surface area contributed by atoms with E-state index in [1.54, 1.807) is 30.3 Å². The molecule has 1 amide bonds. The predicted octanol–water partition coefficient (Wildman–Crippen LogP) is 6.46. The van der Waals surface area contributed by atoms with Gasteiger partial charge in [-0.15, -0.1) is 0 Å². The van der Waals surface area contributed by atoms with E-state index in [0.29, 0.717) is 39.4 Å². The standard InChI is InChI=1S/C28H24BrN3O3/c1-4-34-26-14-20(12-23(16-31)28(33)32-25-11-7-8-18(2)19(25)3)13-24(29)27(26)35-17-22-10-6-5-9-21(22)15-30/h5-14H,4,17H2,1-3H3,(H,32,33)/b23-12+. The van der Waals surface area contributed by atoms with Gasteiger partial charge in [0.15, 0.2) is 11.5 Å². The van der Waals surface area contributed by atoms with Gasteiger partial charge in [-0.1, -0.05) is 30.3 Å². The van der Waals surface area contributed by atoms with Gasteiger partial charge >= 0.3 is 0 Å². The highest BCUT2D eigenvalue weighted by Crippen LogP contribution is 2.38. The molecule has 3 aromatic rings. The number of carbonyl (C=O) groups excluding carboxylic acids is 1. The molecule has 0 aliphatic carbocycles. The summed E-state index contributed by atoms with van der Waals surface area (Å²) in [5.41, 5.74) is 4.49. The number of hydrogen-bond acceptors (Lipinski definition) is 5. The predicted molar refractivity (Wildman–Crippen MR) is 139 cm³/mol. The number of nitriles is 2. The maximum absolute atomic E-state index is 12.8. The molecule has 0 aliphatic rings. The van der Waals surface area contributed by atoms with Crippen LogP contribution < -0.4 is 14.8 Å². The van der Waals surface area contributed by atoms with Gasteiger partial charge in [-0.05, 0) is 83.7 Å². The highest BCUT2D eigenvalue weighted by atomic mass is 79.9. The van der Waals surface area contributed by atoms with Crippen LogP contribution in [0.1, 0.15) is 34.7 Å². The Labute approximate surface area is 213 Å². The summed E-state index contributed by atoms with van der Waals surface area (Å²) in [6.07, 6.45) is 1.50. The van der Waals surface area contributed by atoms with Crippen molar-refractivity contribution in [3.63, 3.8) is 0 Å².